The van der Waals surface area contributed by atoms with Crippen LogP contribution in [0.5, 0.6) is 0 Å². The van der Waals surface area contributed by atoms with Gasteiger partial charge in [0.2, 0.25) is 5.91 Å². The van der Waals surface area contributed by atoms with Crippen LogP contribution in [0.3, 0.4) is 0 Å². The molecule has 0 aliphatic carbocycles. The second kappa shape index (κ2) is 10.4. The predicted molar refractivity (Wildman–Crippen MR) is 100 cm³/mol. The maximum absolute atomic E-state index is 11.6. The van der Waals surface area contributed by atoms with Crippen LogP contribution in [0.1, 0.15) is 24.5 Å². The number of aliphatic carboxylic acids is 1. The van der Waals surface area contributed by atoms with E-state index in [9.17, 15) is 18.0 Å². The Kier molecular flexibility index (Phi) is 8.20. The Morgan fingerprint density at radius 3 is 2.60 bits per heavy atom. The first-order valence-corrected chi connectivity index (χ1v) is 9.48. The van der Waals surface area contributed by atoms with Gasteiger partial charge in [-0.3, -0.25) is 9.69 Å². The standard InChI is InChI=1S/C18H23N3O2.C2HF3O2/c1-14(22)21-7-8-23-18-13-20(6-5-17(18)12-21)11-16-4-2-3-15(9-16)10-19;3-2(4,5)1(6)7/h2-4,9,17-18H,5-8,11-13H2,1H3;(H,6,7)/t17-,18-;/m1./s1. The summed E-state index contributed by atoms with van der Waals surface area (Å²) in [5, 5.41) is 16.1. The van der Waals surface area contributed by atoms with Gasteiger partial charge in [0.05, 0.1) is 24.3 Å². The Labute approximate surface area is 172 Å². The SMILES string of the molecule is CC(=O)N1CCO[C@@H]2CN(Cc3cccc(C#N)c3)CC[C@@H]2C1.O=C(O)C(F)(F)F. The van der Waals surface area contributed by atoms with Crippen LogP contribution >= 0.6 is 0 Å². The number of benzene rings is 1. The third kappa shape index (κ3) is 7.00. The van der Waals surface area contributed by atoms with Gasteiger partial charge in [-0.2, -0.15) is 18.4 Å². The van der Waals surface area contributed by atoms with Crippen LogP contribution in [0.15, 0.2) is 24.3 Å². The molecule has 2 aliphatic heterocycles. The molecule has 1 amide bonds. The minimum Gasteiger partial charge on any atom is -0.475 e. The topological polar surface area (TPSA) is 93.9 Å². The van der Waals surface area contributed by atoms with Crippen LogP contribution in [0.2, 0.25) is 0 Å². The number of rotatable bonds is 2. The highest BCUT2D eigenvalue weighted by atomic mass is 19.4. The Hall–Kier alpha value is -2.64. The molecule has 2 aliphatic rings. The monoisotopic (exact) mass is 427 g/mol. The van der Waals surface area contributed by atoms with Crippen molar-refractivity contribution < 1.29 is 32.6 Å². The molecule has 2 heterocycles. The van der Waals surface area contributed by atoms with E-state index in [4.69, 9.17) is 19.9 Å². The maximum atomic E-state index is 11.6. The predicted octanol–water partition coefficient (Wildman–Crippen LogP) is 2.26. The number of fused-ring (bicyclic) bond motifs is 1. The lowest BCUT2D eigenvalue weighted by Gasteiger charge is -2.38. The highest BCUT2D eigenvalue weighted by Gasteiger charge is 2.38. The van der Waals surface area contributed by atoms with Crippen molar-refractivity contribution in [2.45, 2.75) is 32.2 Å². The molecular weight excluding hydrogens is 403 g/mol. The normalized spacial score (nSPS) is 22.0. The summed E-state index contributed by atoms with van der Waals surface area (Å²) < 4.78 is 37.7. The summed E-state index contributed by atoms with van der Waals surface area (Å²) in [6, 6.07) is 9.99. The number of carbonyl (C=O) groups is 2. The number of alkyl halides is 3. The lowest BCUT2D eigenvalue weighted by atomic mass is 9.93. The third-order valence-electron chi connectivity index (χ3n) is 5.08. The number of nitriles is 1. The van der Waals surface area contributed by atoms with Crippen molar-refractivity contribution in [3.8, 4) is 6.07 Å². The van der Waals surface area contributed by atoms with Crippen molar-refractivity contribution in [3.05, 3.63) is 35.4 Å². The van der Waals surface area contributed by atoms with E-state index in [0.29, 0.717) is 24.6 Å². The second-order valence-corrected chi connectivity index (χ2v) is 7.27. The molecule has 0 aromatic heterocycles. The fourth-order valence-electron chi connectivity index (χ4n) is 3.54. The van der Waals surface area contributed by atoms with Crippen molar-refractivity contribution in [1.29, 1.82) is 5.26 Å². The number of halogens is 3. The van der Waals surface area contributed by atoms with Crippen LogP contribution in [-0.4, -0.2) is 71.8 Å². The van der Waals surface area contributed by atoms with Gasteiger partial charge in [0.15, 0.2) is 0 Å². The molecule has 1 N–H and O–H groups in total. The van der Waals surface area contributed by atoms with Crippen LogP contribution in [0.4, 0.5) is 13.2 Å². The molecule has 0 radical (unpaired) electrons. The van der Waals surface area contributed by atoms with E-state index >= 15 is 0 Å². The van der Waals surface area contributed by atoms with E-state index in [1.165, 1.54) is 5.56 Å². The van der Waals surface area contributed by atoms with Crippen molar-refractivity contribution >= 4 is 11.9 Å². The Morgan fingerprint density at radius 2 is 2.00 bits per heavy atom. The zero-order valence-electron chi connectivity index (χ0n) is 16.6. The highest BCUT2D eigenvalue weighted by molar-refractivity contribution is 5.73. The van der Waals surface area contributed by atoms with Crippen LogP contribution < -0.4 is 0 Å². The quantitative estimate of drug-likeness (QED) is 0.778. The number of hydrogen-bond acceptors (Lipinski definition) is 5. The van der Waals surface area contributed by atoms with Crippen LogP contribution in [0.25, 0.3) is 0 Å². The van der Waals surface area contributed by atoms with Gasteiger partial charge in [-0.15, -0.1) is 0 Å². The zero-order chi connectivity index (χ0) is 22.3. The first-order valence-electron chi connectivity index (χ1n) is 9.48. The van der Waals surface area contributed by atoms with Gasteiger partial charge in [-0.25, -0.2) is 4.79 Å². The van der Waals surface area contributed by atoms with Gasteiger partial charge in [-0.1, -0.05) is 12.1 Å². The van der Waals surface area contributed by atoms with E-state index in [-0.39, 0.29) is 12.0 Å². The smallest absolute Gasteiger partial charge is 0.475 e. The number of amides is 1. The van der Waals surface area contributed by atoms with Crippen molar-refractivity contribution in [2.24, 2.45) is 5.92 Å². The van der Waals surface area contributed by atoms with Gasteiger partial charge in [0, 0.05) is 39.0 Å². The van der Waals surface area contributed by atoms with E-state index in [0.717, 1.165) is 32.6 Å². The number of carbonyl (C=O) groups excluding carboxylic acids is 1. The average Bonchev–Trinajstić information content (AvgIpc) is 2.90. The number of nitrogens with zero attached hydrogens (tertiary/aromatic N) is 3. The number of carboxylic acid groups (broad SMARTS) is 1. The summed E-state index contributed by atoms with van der Waals surface area (Å²) >= 11 is 0. The molecule has 0 bridgehead atoms. The van der Waals surface area contributed by atoms with Crippen molar-refractivity contribution in [3.63, 3.8) is 0 Å². The average molecular weight is 427 g/mol. The summed E-state index contributed by atoms with van der Waals surface area (Å²) in [4.78, 5) is 24.8. The summed E-state index contributed by atoms with van der Waals surface area (Å²) in [5.74, 6) is -2.18. The molecule has 30 heavy (non-hydrogen) atoms. The molecule has 2 saturated heterocycles. The van der Waals surface area contributed by atoms with Gasteiger partial charge in [-0.05, 0) is 30.7 Å². The molecule has 1 aromatic rings. The van der Waals surface area contributed by atoms with E-state index in [2.05, 4.69) is 17.0 Å². The molecule has 2 atom stereocenters. The molecule has 7 nitrogen and oxygen atoms in total. The first kappa shape index (κ1) is 23.6. The fraction of sp³-hybridized carbons (Fsp3) is 0.550. The summed E-state index contributed by atoms with van der Waals surface area (Å²) in [6.45, 7) is 6.53. The fourth-order valence-corrected chi connectivity index (χ4v) is 3.54. The number of ether oxygens (including phenoxy) is 1. The number of hydrogen-bond donors (Lipinski definition) is 1. The second-order valence-electron chi connectivity index (χ2n) is 7.27. The molecule has 164 valence electrons. The van der Waals surface area contributed by atoms with Gasteiger partial charge < -0.3 is 14.7 Å². The van der Waals surface area contributed by atoms with Crippen LogP contribution in [0, 0.1) is 17.2 Å². The third-order valence-corrected chi connectivity index (χ3v) is 5.08. The summed E-state index contributed by atoms with van der Waals surface area (Å²) in [6.07, 6.45) is -3.83. The summed E-state index contributed by atoms with van der Waals surface area (Å²) in [7, 11) is 0. The van der Waals surface area contributed by atoms with Crippen molar-refractivity contribution in [1.82, 2.24) is 9.80 Å². The Morgan fingerprint density at radius 1 is 1.30 bits per heavy atom. The molecule has 0 spiro atoms. The minimum absolute atomic E-state index is 0.144. The first-order chi connectivity index (χ1) is 14.1. The molecular formula is C20H24F3N3O4. The zero-order valence-corrected chi connectivity index (χ0v) is 16.6. The molecule has 10 heteroatoms. The minimum atomic E-state index is -5.08. The maximum Gasteiger partial charge on any atom is 0.490 e. The molecule has 0 unspecified atom stereocenters. The van der Waals surface area contributed by atoms with Gasteiger partial charge in [0.25, 0.3) is 0 Å². The number of likely N-dealkylation sites (tertiary alicyclic amines) is 1. The molecule has 0 saturated carbocycles. The summed E-state index contributed by atoms with van der Waals surface area (Å²) in [5.41, 5.74) is 1.88. The molecule has 1 aromatic carbocycles. The van der Waals surface area contributed by atoms with Crippen LogP contribution in [-0.2, 0) is 20.9 Å². The van der Waals surface area contributed by atoms with Gasteiger partial charge in [0.1, 0.15) is 0 Å². The number of piperidine rings is 1. The van der Waals surface area contributed by atoms with Crippen molar-refractivity contribution in [2.75, 3.05) is 32.8 Å². The largest absolute Gasteiger partial charge is 0.490 e. The molecule has 3 rings (SSSR count). The van der Waals surface area contributed by atoms with E-state index < -0.39 is 12.1 Å². The highest BCUT2D eigenvalue weighted by Crippen LogP contribution is 2.25. The Balaban J connectivity index is 0.000000396. The van der Waals surface area contributed by atoms with E-state index in [1.807, 2.05) is 23.1 Å². The number of carboxylic acids is 1. The Bertz CT molecular complexity index is 794. The van der Waals surface area contributed by atoms with E-state index in [1.54, 1.807) is 6.92 Å². The lowest BCUT2D eigenvalue weighted by Crippen LogP contribution is -2.46. The molecule has 2 fully saturated rings. The lowest BCUT2D eigenvalue weighted by molar-refractivity contribution is -0.192. The van der Waals surface area contributed by atoms with Gasteiger partial charge >= 0.3 is 12.1 Å².